The fraction of sp³-hybridized carbons (Fsp3) is 0.304. The number of imidazole rings is 1. The molecule has 5 rings (SSSR count). The van der Waals surface area contributed by atoms with Crippen molar-refractivity contribution in [3.8, 4) is 17.1 Å². The first kappa shape index (κ1) is 17.9. The lowest BCUT2D eigenvalue weighted by molar-refractivity contribution is 0.183. The molecule has 1 fully saturated rings. The molecule has 2 N–H and O–H groups in total. The molecule has 0 unspecified atom stereocenters. The Morgan fingerprint density at radius 1 is 1.21 bits per heavy atom. The van der Waals surface area contributed by atoms with Gasteiger partial charge in [0, 0.05) is 11.9 Å². The maximum atomic E-state index is 12.8. The highest BCUT2D eigenvalue weighted by Crippen LogP contribution is 2.31. The summed E-state index contributed by atoms with van der Waals surface area (Å²) in [6, 6.07) is 12.9. The predicted octanol–water partition coefficient (Wildman–Crippen LogP) is 4.27. The number of piperidine rings is 1. The largest absolute Gasteiger partial charge is 0.507 e. The number of phenolic OH excluding ortho intramolecular Hbond substituents is 1. The molecule has 6 nitrogen and oxygen atoms in total. The topological polar surface area (TPSA) is 82.4 Å². The molecule has 0 atom stereocenters. The smallest absolute Gasteiger partial charge is 0.347 e. The van der Waals surface area contributed by atoms with Gasteiger partial charge in [-0.05, 0) is 62.2 Å². The van der Waals surface area contributed by atoms with Gasteiger partial charge < -0.3 is 14.5 Å². The number of hydrogen-bond acceptors (Lipinski definition) is 5. The standard InChI is InChI=1S/C23H23N3O3/c1-14-8-10-26(11-9-14)13-17-20(27)7-6-15-12-16(23(28)29-21(15)17)22-24-18-4-2-3-5-19(18)25-22/h2-7,12,14,27H,8-11,13H2,1H3,(H,24,25). The number of rotatable bonds is 3. The van der Waals surface area contributed by atoms with E-state index in [-0.39, 0.29) is 5.75 Å². The van der Waals surface area contributed by atoms with Gasteiger partial charge in [-0.15, -0.1) is 0 Å². The van der Waals surface area contributed by atoms with Gasteiger partial charge in [-0.2, -0.15) is 0 Å². The predicted molar refractivity (Wildman–Crippen MR) is 113 cm³/mol. The van der Waals surface area contributed by atoms with Crippen LogP contribution >= 0.6 is 0 Å². The average Bonchev–Trinajstić information content (AvgIpc) is 3.15. The summed E-state index contributed by atoms with van der Waals surface area (Å²) in [5, 5.41) is 11.2. The van der Waals surface area contributed by atoms with E-state index in [1.807, 2.05) is 24.3 Å². The summed E-state index contributed by atoms with van der Waals surface area (Å²) in [5.74, 6) is 1.38. The number of nitrogens with one attached hydrogen (secondary N) is 1. The van der Waals surface area contributed by atoms with Gasteiger partial charge in [0.25, 0.3) is 0 Å². The number of para-hydroxylation sites is 2. The van der Waals surface area contributed by atoms with Crippen molar-refractivity contribution in [2.75, 3.05) is 13.1 Å². The molecule has 6 heteroatoms. The SMILES string of the molecule is CC1CCN(Cc2c(O)ccc3cc(-c4nc5ccccc5[nH]4)c(=O)oc23)CC1. The molecule has 2 aromatic heterocycles. The molecule has 2 aromatic carbocycles. The number of aromatic hydroxyl groups is 1. The molecule has 0 aliphatic carbocycles. The maximum absolute atomic E-state index is 12.8. The maximum Gasteiger partial charge on any atom is 0.347 e. The first-order chi connectivity index (χ1) is 14.1. The molecule has 0 radical (unpaired) electrons. The molecule has 1 aliphatic heterocycles. The summed E-state index contributed by atoms with van der Waals surface area (Å²) in [6.07, 6.45) is 2.29. The lowest BCUT2D eigenvalue weighted by atomic mass is 9.98. The quantitative estimate of drug-likeness (QED) is 0.511. The Bertz CT molecular complexity index is 1220. The third kappa shape index (κ3) is 3.29. The van der Waals surface area contributed by atoms with Gasteiger partial charge in [0.05, 0.1) is 16.6 Å². The second-order valence-corrected chi connectivity index (χ2v) is 7.99. The van der Waals surface area contributed by atoms with Crippen LogP contribution in [0.4, 0.5) is 0 Å². The summed E-state index contributed by atoms with van der Waals surface area (Å²) in [7, 11) is 0. The van der Waals surface area contributed by atoms with Gasteiger partial charge in [0.15, 0.2) is 0 Å². The fourth-order valence-electron chi connectivity index (χ4n) is 4.07. The molecule has 1 saturated heterocycles. The van der Waals surface area contributed by atoms with E-state index in [0.717, 1.165) is 48.3 Å². The molecule has 148 valence electrons. The zero-order valence-electron chi connectivity index (χ0n) is 16.3. The van der Waals surface area contributed by atoms with Crippen molar-refractivity contribution >= 4 is 22.0 Å². The van der Waals surface area contributed by atoms with Crippen LogP contribution in [0.25, 0.3) is 33.4 Å². The third-order valence-electron chi connectivity index (χ3n) is 5.88. The van der Waals surface area contributed by atoms with Crippen molar-refractivity contribution in [2.45, 2.75) is 26.3 Å². The monoisotopic (exact) mass is 389 g/mol. The summed E-state index contributed by atoms with van der Waals surface area (Å²) in [5.41, 5.74) is 2.71. The lowest BCUT2D eigenvalue weighted by Crippen LogP contribution is -2.32. The summed E-state index contributed by atoms with van der Waals surface area (Å²) in [4.78, 5) is 22.8. The summed E-state index contributed by atoms with van der Waals surface area (Å²) in [6.45, 7) is 4.81. The van der Waals surface area contributed by atoms with Gasteiger partial charge in [0.1, 0.15) is 22.7 Å². The highest BCUT2D eigenvalue weighted by Gasteiger charge is 2.20. The third-order valence-corrected chi connectivity index (χ3v) is 5.88. The molecule has 0 bridgehead atoms. The van der Waals surface area contributed by atoms with Crippen LogP contribution in [0.1, 0.15) is 25.3 Å². The minimum atomic E-state index is -0.462. The van der Waals surface area contributed by atoms with E-state index in [9.17, 15) is 9.90 Å². The Labute approximate surface area is 167 Å². The van der Waals surface area contributed by atoms with Crippen molar-refractivity contribution in [3.63, 3.8) is 0 Å². The fourth-order valence-corrected chi connectivity index (χ4v) is 4.07. The number of phenols is 1. The Hall–Kier alpha value is -3.12. The molecular weight excluding hydrogens is 366 g/mol. The summed E-state index contributed by atoms with van der Waals surface area (Å²) < 4.78 is 5.72. The van der Waals surface area contributed by atoms with Crippen molar-refractivity contribution < 1.29 is 9.52 Å². The molecule has 3 heterocycles. The number of likely N-dealkylation sites (tertiary alicyclic amines) is 1. The van der Waals surface area contributed by atoms with Gasteiger partial charge in [0.2, 0.25) is 0 Å². The van der Waals surface area contributed by atoms with Gasteiger partial charge >= 0.3 is 5.63 Å². The molecule has 0 spiro atoms. The van der Waals surface area contributed by atoms with E-state index in [1.54, 1.807) is 18.2 Å². The zero-order chi connectivity index (χ0) is 20.0. The van der Waals surface area contributed by atoms with Crippen LogP contribution in [0.3, 0.4) is 0 Å². The van der Waals surface area contributed by atoms with Crippen LogP contribution in [0.15, 0.2) is 51.7 Å². The normalized spacial score (nSPS) is 16.0. The van der Waals surface area contributed by atoms with E-state index < -0.39 is 5.63 Å². The number of benzene rings is 2. The van der Waals surface area contributed by atoms with Gasteiger partial charge in [-0.25, -0.2) is 9.78 Å². The molecule has 1 aliphatic rings. The van der Waals surface area contributed by atoms with E-state index in [2.05, 4.69) is 21.8 Å². The van der Waals surface area contributed by atoms with E-state index in [0.29, 0.717) is 29.1 Å². The van der Waals surface area contributed by atoms with Crippen molar-refractivity contribution in [3.05, 3.63) is 58.4 Å². The van der Waals surface area contributed by atoms with Crippen molar-refractivity contribution in [1.82, 2.24) is 14.9 Å². The molecule has 0 saturated carbocycles. The second-order valence-electron chi connectivity index (χ2n) is 7.99. The van der Waals surface area contributed by atoms with E-state index in [1.165, 1.54) is 0 Å². The van der Waals surface area contributed by atoms with Crippen LogP contribution < -0.4 is 5.63 Å². The Kier molecular flexibility index (Phi) is 4.36. The van der Waals surface area contributed by atoms with Crippen LogP contribution in [-0.4, -0.2) is 33.1 Å². The Balaban J connectivity index is 1.57. The molecule has 0 amide bonds. The zero-order valence-corrected chi connectivity index (χ0v) is 16.3. The van der Waals surface area contributed by atoms with Crippen molar-refractivity contribution in [1.29, 1.82) is 0 Å². The minimum absolute atomic E-state index is 0.163. The number of hydrogen-bond donors (Lipinski definition) is 2. The van der Waals surface area contributed by atoms with Crippen LogP contribution in [0.2, 0.25) is 0 Å². The number of aromatic nitrogens is 2. The Morgan fingerprint density at radius 3 is 2.79 bits per heavy atom. The summed E-state index contributed by atoms with van der Waals surface area (Å²) >= 11 is 0. The second kappa shape index (κ2) is 7.04. The average molecular weight is 389 g/mol. The highest BCUT2D eigenvalue weighted by atomic mass is 16.4. The minimum Gasteiger partial charge on any atom is -0.507 e. The van der Waals surface area contributed by atoms with E-state index >= 15 is 0 Å². The number of nitrogens with zero attached hydrogens (tertiary/aromatic N) is 2. The van der Waals surface area contributed by atoms with Crippen LogP contribution in [0.5, 0.6) is 5.75 Å². The first-order valence-electron chi connectivity index (χ1n) is 10.0. The van der Waals surface area contributed by atoms with E-state index in [4.69, 9.17) is 4.42 Å². The van der Waals surface area contributed by atoms with Gasteiger partial charge in [-0.3, -0.25) is 4.90 Å². The number of aromatic amines is 1. The lowest BCUT2D eigenvalue weighted by Gasteiger charge is -2.30. The van der Waals surface area contributed by atoms with Crippen LogP contribution in [-0.2, 0) is 6.54 Å². The molecule has 29 heavy (non-hydrogen) atoms. The first-order valence-corrected chi connectivity index (χ1v) is 10.0. The highest BCUT2D eigenvalue weighted by molar-refractivity contribution is 5.86. The molecule has 4 aromatic rings. The molecular formula is C23H23N3O3. The van der Waals surface area contributed by atoms with Gasteiger partial charge in [-0.1, -0.05) is 19.1 Å². The number of fused-ring (bicyclic) bond motifs is 2. The Morgan fingerprint density at radius 2 is 2.00 bits per heavy atom. The van der Waals surface area contributed by atoms with Crippen LogP contribution in [0, 0.1) is 5.92 Å². The van der Waals surface area contributed by atoms with Crippen molar-refractivity contribution in [2.24, 2.45) is 5.92 Å². The number of H-pyrrole nitrogens is 1.